The predicted molar refractivity (Wildman–Crippen MR) is 236 cm³/mol. The number of hydrogen-bond donors (Lipinski definition) is 0. The van der Waals surface area contributed by atoms with Crippen LogP contribution in [0.3, 0.4) is 0 Å². The third-order valence-corrected chi connectivity index (χ3v) is 11.2. The van der Waals surface area contributed by atoms with Crippen molar-refractivity contribution < 1.29 is 37.3 Å². The monoisotopic (exact) mass is 814 g/mol. The summed E-state index contributed by atoms with van der Waals surface area (Å²) in [5.74, 6) is -0.336. The Morgan fingerprint density at radius 1 is 0.536 bits per heavy atom. The van der Waals surface area contributed by atoms with Gasteiger partial charge in [-0.2, -0.15) is 0 Å². The second-order valence-corrected chi connectivity index (χ2v) is 18.5. The molecule has 0 aromatic rings. The maximum Gasteiger partial charge on any atom is 0.306 e. The Morgan fingerprint density at radius 2 is 0.929 bits per heavy atom. The number of rotatable bonds is 44. The van der Waals surface area contributed by atoms with E-state index in [2.05, 4.69) is 38.2 Å². The lowest BCUT2D eigenvalue weighted by Crippen LogP contribution is -2.37. The van der Waals surface area contributed by atoms with Crippen LogP contribution in [0, 0.1) is 0 Å². The molecule has 8 nitrogen and oxygen atoms in total. The van der Waals surface area contributed by atoms with E-state index in [4.69, 9.17) is 18.5 Å². The topological polar surface area (TPSA) is 94.1 Å². The van der Waals surface area contributed by atoms with E-state index < -0.39 is 13.9 Å². The fourth-order valence-corrected chi connectivity index (χ4v) is 7.26. The van der Waals surface area contributed by atoms with Gasteiger partial charge in [-0.25, -0.2) is 0 Å². The lowest BCUT2D eigenvalue weighted by Gasteiger charge is -2.28. The van der Waals surface area contributed by atoms with E-state index in [1.165, 1.54) is 161 Å². The Hall–Kier alpha value is -1.02. The van der Waals surface area contributed by atoms with Crippen molar-refractivity contribution in [3.8, 4) is 0 Å². The van der Waals surface area contributed by atoms with Gasteiger partial charge in [0.25, 0.3) is 7.82 Å². The van der Waals surface area contributed by atoms with Crippen LogP contribution < -0.4 is 4.89 Å². The Bertz CT molecular complexity index is 951. The fraction of sp³-hybridized carbons (Fsp3) is 0.894. The summed E-state index contributed by atoms with van der Waals surface area (Å²) < 4.78 is 34.6. The number of phosphoric acid groups is 1. The van der Waals surface area contributed by atoms with E-state index in [-0.39, 0.29) is 25.8 Å². The first-order valence-electron chi connectivity index (χ1n) is 23.6. The minimum atomic E-state index is -4.52. The van der Waals surface area contributed by atoms with Gasteiger partial charge in [0, 0.05) is 13.0 Å². The molecular weight excluding hydrogens is 721 g/mol. The molecule has 0 bridgehead atoms. The minimum Gasteiger partial charge on any atom is -0.756 e. The zero-order valence-corrected chi connectivity index (χ0v) is 38.5. The molecule has 56 heavy (non-hydrogen) atoms. The molecule has 332 valence electrons. The molecule has 0 heterocycles. The number of esters is 1. The second-order valence-electron chi connectivity index (χ2n) is 17.1. The van der Waals surface area contributed by atoms with Gasteiger partial charge in [0.1, 0.15) is 19.3 Å². The lowest BCUT2D eigenvalue weighted by atomic mass is 10.1. The van der Waals surface area contributed by atoms with Crippen LogP contribution >= 0.6 is 7.82 Å². The SMILES string of the molecule is CCCCCCC/C=C\CCCCCCCCOCC(COP(=O)([O-])OCC[N+](C)(C)C)OC(=O)CCCCCCCCCCC/C=C\CCCCCCCC. The van der Waals surface area contributed by atoms with Crippen LogP contribution in [0.1, 0.15) is 213 Å². The molecule has 0 saturated heterocycles. The van der Waals surface area contributed by atoms with Crippen LogP contribution in [-0.4, -0.2) is 70.7 Å². The Labute approximate surface area is 347 Å². The van der Waals surface area contributed by atoms with Gasteiger partial charge < -0.3 is 27.9 Å². The van der Waals surface area contributed by atoms with Crippen LogP contribution in [0.2, 0.25) is 0 Å². The Kier molecular flexibility index (Phi) is 40.0. The predicted octanol–water partition coefficient (Wildman–Crippen LogP) is 13.4. The number of carbonyl (C=O) groups is 1. The molecular formula is C47H92NO7P. The highest BCUT2D eigenvalue weighted by Crippen LogP contribution is 2.38. The molecule has 0 aliphatic rings. The Balaban J connectivity index is 4.18. The zero-order valence-electron chi connectivity index (χ0n) is 37.6. The summed E-state index contributed by atoms with van der Waals surface area (Å²) in [5, 5.41) is 0. The average molecular weight is 814 g/mol. The number of nitrogens with zero attached hydrogens (tertiary/aromatic N) is 1. The summed E-state index contributed by atoms with van der Waals surface area (Å²) in [5.41, 5.74) is 0. The number of phosphoric ester groups is 1. The van der Waals surface area contributed by atoms with Crippen molar-refractivity contribution in [2.45, 2.75) is 219 Å². The smallest absolute Gasteiger partial charge is 0.306 e. The number of carbonyl (C=O) groups excluding carboxylic acids is 1. The van der Waals surface area contributed by atoms with E-state index in [1.54, 1.807) is 0 Å². The molecule has 0 amide bonds. The molecule has 2 atom stereocenters. The molecule has 0 radical (unpaired) electrons. The van der Waals surface area contributed by atoms with Crippen LogP contribution in [-0.2, 0) is 27.9 Å². The molecule has 0 N–H and O–H groups in total. The summed E-state index contributed by atoms with van der Waals surface area (Å²) in [4.78, 5) is 25.1. The third kappa shape index (κ3) is 44.1. The van der Waals surface area contributed by atoms with E-state index in [0.717, 1.165) is 32.1 Å². The summed E-state index contributed by atoms with van der Waals surface area (Å²) in [6.07, 6.45) is 46.1. The van der Waals surface area contributed by atoms with Gasteiger partial charge >= 0.3 is 5.97 Å². The van der Waals surface area contributed by atoms with Crippen LogP contribution in [0.5, 0.6) is 0 Å². The van der Waals surface area contributed by atoms with Crippen LogP contribution in [0.25, 0.3) is 0 Å². The normalized spacial score (nSPS) is 13.9. The van der Waals surface area contributed by atoms with Crippen molar-refractivity contribution in [3.63, 3.8) is 0 Å². The maximum absolute atomic E-state index is 12.7. The molecule has 0 rings (SSSR count). The number of quaternary nitrogens is 1. The molecule has 9 heteroatoms. The molecule has 2 unspecified atom stereocenters. The zero-order chi connectivity index (χ0) is 41.3. The van der Waals surface area contributed by atoms with E-state index in [9.17, 15) is 14.3 Å². The highest BCUT2D eigenvalue weighted by Gasteiger charge is 2.20. The first kappa shape index (κ1) is 55.0. The number of allylic oxidation sites excluding steroid dienone is 4. The minimum absolute atomic E-state index is 0.0259. The van der Waals surface area contributed by atoms with Gasteiger partial charge in [-0.3, -0.25) is 9.36 Å². The maximum atomic E-state index is 12.7. The van der Waals surface area contributed by atoms with E-state index in [0.29, 0.717) is 24.1 Å². The van der Waals surface area contributed by atoms with Gasteiger partial charge in [-0.05, 0) is 64.2 Å². The van der Waals surface area contributed by atoms with Crippen LogP contribution in [0.15, 0.2) is 24.3 Å². The molecule has 0 aromatic carbocycles. The van der Waals surface area contributed by atoms with Gasteiger partial charge in [0.15, 0.2) is 0 Å². The lowest BCUT2D eigenvalue weighted by molar-refractivity contribution is -0.870. The van der Waals surface area contributed by atoms with Gasteiger partial charge in [-0.15, -0.1) is 0 Å². The first-order chi connectivity index (χ1) is 27.1. The fourth-order valence-electron chi connectivity index (χ4n) is 6.54. The molecule has 0 spiro atoms. The number of unbranched alkanes of at least 4 members (excludes halogenated alkanes) is 26. The van der Waals surface area contributed by atoms with Crippen molar-refractivity contribution >= 4 is 13.8 Å². The van der Waals surface area contributed by atoms with E-state index in [1.807, 2.05) is 21.1 Å². The van der Waals surface area contributed by atoms with Crippen molar-refractivity contribution in [1.29, 1.82) is 0 Å². The molecule has 0 saturated carbocycles. The third-order valence-electron chi connectivity index (χ3n) is 10.2. The van der Waals surface area contributed by atoms with Crippen LogP contribution in [0.4, 0.5) is 0 Å². The van der Waals surface area contributed by atoms with E-state index >= 15 is 0 Å². The number of hydrogen-bond acceptors (Lipinski definition) is 7. The summed E-state index contributed by atoms with van der Waals surface area (Å²) in [6, 6.07) is 0. The highest BCUT2D eigenvalue weighted by atomic mass is 31.2. The summed E-state index contributed by atoms with van der Waals surface area (Å²) in [6.45, 7) is 5.41. The van der Waals surface area contributed by atoms with Gasteiger partial charge in [0.05, 0.1) is 34.4 Å². The van der Waals surface area contributed by atoms with Crippen molar-refractivity contribution in [3.05, 3.63) is 24.3 Å². The van der Waals surface area contributed by atoms with Gasteiger partial charge in [0.2, 0.25) is 0 Å². The molecule has 0 fully saturated rings. The first-order valence-corrected chi connectivity index (χ1v) is 25.0. The molecule has 0 aromatic heterocycles. The highest BCUT2D eigenvalue weighted by molar-refractivity contribution is 7.45. The molecule has 0 aliphatic heterocycles. The number of likely N-dealkylation sites (N-methyl/N-ethyl adjacent to an activating group) is 1. The largest absolute Gasteiger partial charge is 0.756 e. The summed E-state index contributed by atoms with van der Waals surface area (Å²) in [7, 11) is 1.36. The Morgan fingerprint density at radius 3 is 1.36 bits per heavy atom. The average Bonchev–Trinajstić information content (AvgIpc) is 3.15. The van der Waals surface area contributed by atoms with Crippen molar-refractivity contribution in [1.82, 2.24) is 0 Å². The quantitative estimate of drug-likeness (QED) is 0.0199. The number of ether oxygens (including phenoxy) is 2. The van der Waals surface area contributed by atoms with Crippen molar-refractivity contribution in [2.24, 2.45) is 0 Å². The van der Waals surface area contributed by atoms with Crippen molar-refractivity contribution in [2.75, 3.05) is 54.1 Å². The second kappa shape index (κ2) is 40.7. The standard InChI is InChI=1S/C47H92NO7P/c1-6-8-10-12-14-16-18-20-22-23-24-25-26-28-30-32-34-36-38-40-47(49)55-46(45-54-56(50,51)53-43-41-48(3,4)5)44-52-42-39-37-35-33-31-29-27-21-19-17-15-13-11-9-7-2/h19-22,46H,6-18,23-45H2,1-5H3/b21-19-,22-20-. The molecule has 0 aliphatic carbocycles. The summed E-state index contributed by atoms with van der Waals surface area (Å²) >= 11 is 0. The van der Waals surface area contributed by atoms with Gasteiger partial charge in [-0.1, -0.05) is 167 Å².